The zero-order valence-corrected chi connectivity index (χ0v) is 8.36. The van der Waals surface area contributed by atoms with Crippen molar-refractivity contribution in [1.29, 1.82) is 0 Å². The molecule has 0 rings (SSSR count). The monoisotopic (exact) mass is 211 g/mol. The molecule has 0 aliphatic heterocycles. The highest BCUT2D eigenvalue weighted by atomic mass is 35.5. The van der Waals surface area contributed by atoms with E-state index in [9.17, 15) is 9.59 Å². The van der Waals surface area contributed by atoms with Crippen molar-refractivity contribution in [3.8, 4) is 0 Å². The Morgan fingerprint density at radius 3 is 2.42 bits per heavy atom. The predicted molar refractivity (Wildman–Crippen MR) is 48.0 cm³/mol. The summed E-state index contributed by atoms with van der Waals surface area (Å²) in [5, 5.41) is -0.399. The van der Waals surface area contributed by atoms with Gasteiger partial charge >= 0.3 is 0 Å². The lowest BCUT2D eigenvalue weighted by Crippen LogP contribution is -2.21. The Labute approximate surface area is 81.7 Å². The normalized spacial score (nSPS) is 9.58. The van der Waals surface area contributed by atoms with Crippen LogP contribution in [-0.4, -0.2) is 22.1 Å². The van der Waals surface area contributed by atoms with Crippen molar-refractivity contribution < 1.29 is 9.59 Å². The lowest BCUT2D eigenvalue weighted by Gasteiger charge is -2.11. The molecular formula is C7H11Cl2NO2. The molecule has 5 heteroatoms. The number of halogens is 2. The molecule has 0 aromatic rings. The van der Waals surface area contributed by atoms with Gasteiger partial charge < -0.3 is 0 Å². The van der Waals surface area contributed by atoms with E-state index in [2.05, 4.69) is 0 Å². The lowest BCUT2D eigenvalue weighted by atomic mass is 10.3. The molecule has 0 radical (unpaired) electrons. The van der Waals surface area contributed by atoms with E-state index in [-0.39, 0.29) is 12.3 Å². The van der Waals surface area contributed by atoms with Crippen molar-refractivity contribution in [2.24, 2.45) is 0 Å². The second-order valence-corrected chi connectivity index (χ2v) is 3.12. The van der Waals surface area contributed by atoms with E-state index >= 15 is 0 Å². The topological polar surface area (TPSA) is 37.4 Å². The highest BCUT2D eigenvalue weighted by Crippen LogP contribution is 2.03. The molecule has 3 nitrogen and oxygen atoms in total. The first-order valence-corrected chi connectivity index (χ1v) is 4.44. The number of carbonyl (C=O) groups is 2. The van der Waals surface area contributed by atoms with Crippen LogP contribution in [0.1, 0.15) is 26.2 Å². The van der Waals surface area contributed by atoms with Gasteiger partial charge in [-0.25, -0.2) is 0 Å². The van der Waals surface area contributed by atoms with Crippen molar-refractivity contribution >= 4 is 34.5 Å². The third-order valence-corrected chi connectivity index (χ3v) is 1.85. The second kappa shape index (κ2) is 6.26. The second-order valence-electron chi connectivity index (χ2n) is 2.29. The number of amides is 1. The van der Waals surface area contributed by atoms with Gasteiger partial charge in [0.25, 0.3) is 0 Å². The summed E-state index contributed by atoms with van der Waals surface area (Å²) in [5.74, 6) is -0.140. The van der Waals surface area contributed by atoms with Crippen molar-refractivity contribution in [2.75, 3.05) is 6.54 Å². The minimum atomic E-state index is -0.399. The molecule has 0 N–H and O–H groups in total. The summed E-state index contributed by atoms with van der Waals surface area (Å²) < 4.78 is 1.08. The van der Waals surface area contributed by atoms with Crippen LogP contribution in [0.5, 0.6) is 0 Å². The Bertz CT molecular complexity index is 173. The summed E-state index contributed by atoms with van der Waals surface area (Å²) in [4.78, 5) is 21.1. The molecule has 0 heterocycles. The predicted octanol–water partition coefficient (Wildman–Crippen LogP) is 1.92. The molecule has 12 heavy (non-hydrogen) atoms. The molecule has 0 aliphatic rings. The molecule has 0 bridgehead atoms. The number of hydrogen-bond acceptors (Lipinski definition) is 2. The van der Waals surface area contributed by atoms with Gasteiger partial charge in [0.1, 0.15) is 0 Å². The first-order chi connectivity index (χ1) is 5.57. The van der Waals surface area contributed by atoms with E-state index < -0.39 is 5.24 Å². The quantitative estimate of drug-likeness (QED) is 0.515. The summed E-state index contributed by atoms with van der Waals surface area (Å²) in [6.07, 6.45) is 1.14. The van der Waals surface area contributed by atoms with E-state index in [1.54, 1.807) is 6.92 Å². The van der Waals surface area contributed by atoms with Crippen molar-refractivity contribution in [3.05, 3.63) is 0 Å². The number of carbonyl (C=O) groups excluding carboxylic acids is 2. The van der Waals surface area contributed by atoms with Crippen LogP contribution in [-0.2, 0) is 9.59 Å². The molecule has 0 saturated heterocycles. The van der Waals surface area contributed by atoms with Gasteiger partial charge in [-0.15, -0.1) is 0 Å². The van der Waals surface area contributed by atoms with E-state index in [0.717, 1.165) is 4.42 Å². The molecule has 0 aromatic heterocycles. The highest BCUT2D eigenvalue weighted by Gasteiger charge is 2.07. The number of rotatable bonds is 5. The smallest absolute Gasteiger partial charge is 0.236 e. The number of nitrogens with zero attached hydrogens (tertiary/aromatic N) is 1. The fourth-order valence-electron chi connectivity index (χ4n) is 0.653. The Kier molecular flexibility index (Phi) is 6.11. The molecular weight excluding hydrogens is 201 g/mol. The van der Waals surface area contributed by atoms with Gasteiger partial charge in [0.2, 0.25) is 11.1 Å². The fourth-order valence-corrected chi connectivity index (χ4v) is 1.03. The minimum Gasteiger partial charge on any atom is -0.281 e. The van der Waals surface area contributed by atoms with Crippen LogP contribution in [0.15, 0.2) is 0 Å². The van der Waals surface area contributed by atoms with Crippen molar-refractivity contribution in [3.63, 3.8) is 0 Å². The zero-order chi connectivity index (χ0) is 9.56. The summed E-state index contributed by atoms with van der Waals surface area (Å²) in [6, 6.07) is 0. The van der Waals surface area contributed by atoms with E-state index in [4.69, 9.17) is 23.4 Å². The molecule has 1 amide bonds. The van der Waals surface area contributed by atoms with Crippen LogP contribution in [0, 0.1) is 0 Å². The average Bonchev–Trinajstić information content (AvgIpc) is 2.02. The maximum absolute atomic E-state index is 10.9. The Morgan fingerprint density at radius 1 is 1.42 bits per heavy atom. The van der Waals surface area contributed by atoms with Crippen molar-refractivity contribution in [1.82, 2.24) is 4.42 Å². The van der Waals surface area contributed by atoms with Crippen molar-refractivity contribution in [2.45, 2.75) is 26.2 Å². The van der Waals surface area contributed by atoms with Gasteiger partial charge in [-0.2, -0.15) is 0 Å². The van der Waals surface area contributed by atoms with Gasteiger partial charge in [0, 0.05) is 31.2 Å². The van der Waals surface area contributed by atoms with Crippen LogP contribution in [0.25, 0.3) is 0 Å². The lowest BCUT2D eigenvalue weighted by molar-refractivity contribution is -0.126. The highest BCUT2D eigenvalue weighted by molar-refractivity contribution is 6.63. The molecule has 0 spiro atoms. The first-order valence-electron chi connectivity index (χ1n) is 3.72. The SMILES string of the molecule is CCC(=O)N(Cl)CCCC(=O)Cl. The first kappa shape index (κ1) is 11.7. The van der Waals surface area contributed by atoms with Crippen LogP contribution in [0.3, 0.4) is 0 Å². The zero-order valence-electron chi connectivity index (χ0n) is 6.85. The van der Waals surface area contributed by atoms with Crippen LogP contribution < -0.4 is 0 Å². The van der Waals surface area contributed by atoms with Crippen LogP contribution in [0.4, 0.5) is 0 Å². The van der Waals surface area contributed by atoms with Gasteiger partial charge in [-0.05, 0) is 18.0 Å². The summed E-state index contributed by atoms with van der Waals surface area (Å²) >= 11 is 10.6. The van der Waals surface area contributed by atoms with Crippen LogP contribution in [0.2, 0.25) is 0 Å². The molecule has 0 unspecified atom stereocenters. The fraction of sp³-hybridized carbons (Fsp3) is 0.714. The number of hydrogen-bond donors (Lipinski definition) is 0. The summed E-state index contributed by atoms with van der Waals surface area (Å²) in [5.41, 5.74) is 0. The molecule has 0 saturated carbocycles. The Hall–Kier alpha value is -0.280. The maximum atomic E-state index is 10.9. The van der Waals surface area contributed by atoms with Gasteiger partial charge in [-0.1, -0.05) is 6.92 Å². The Morgan fingerprint density at radius 2 is 2.00 bits per heavy atom. The van der Waals surface area contributed by atoms with Crippen LogP contribution >= 0.6 is 23.4 Å². The maximum Gasteiger partial charge on any atom is 0.236 e. The molecule has 0 fully saturated rings. The molecule has 0 atom stereocenters. The van der Waals surface area contributed by atoms with Gasteiger partial charge in [-0.3, -0.25) is 14.0 Å². The molecule has 70 valence electrons. The molecule has 0 aliphatic carbocycles. The largest absolute Gasteiger partial charge is 0.281 e. The average molecular weight is 212 g/mol. The minimum absolute atomic E-state index is 0.140. The third-order valence-electron chi connectivity index (χ3n) is 1.30. The van der Waals surface area contributed by atoms with E-state index in [1.165, 1.54) is 0 Å². The summed E-state index contributed by atoms with van der Waals surface area (Å²) in [6.45, 7) is 2.09. The summed E-state index contributed by atoms with van der Waals surface area (Å²) in [7, 11) is 0. The Balaban J connectivity index is 3.50. The molecule has 0 aromatic carbocycles. The van der Waals surface area contributed by atoms with E-state index in [1.807, 2.05) is 0 Å². The van der Waals surface area contributed by atoms with Gasteiger partial charge in [0.15, 0.2) is 0 Å². The van der Waals surface area contributed by atoms with E-state index in [0.29, 0.717) is 19.4 Å². The van der Waals surface area contributed by atoms with Gasteiger partial charge in [0.05, 0.1) is 0 Å². The standard InChI is InChI=1S/C7H11Cl2NO2/c1-2-7(12)10(9)5-3-4-6(8)11/h2-5H2,1H3. The third kappa shape index (κ3) is 5.38.